The van der Waals surface area contributed by atoms with Gasteiger partial charge >= 0.3 is 0 Å². The number of allylic oxidation sites excluding steroid dienone is 1. The molecule has 0 bridgehead atoms. The second-order valence-corrected chi connectivity index (χ2v) is 7.38. The average Bonchev–Trinajstić information content (AvgIpc) is 3.36. The summed E-state index contributed by atoms with van der Waals surface area (Å²) >= 11 is 0. The fourth-order valence-corrected chi connectivity index (χ4v) is 3.77. The molecule has 6 nitrogen and oxygen atoms in total. The quantitative estimate of drug-likeness (QED) is 0.448. The number of aromatic nitrogens is 3. The topological polar surface area (TPSA) is 83.5 Å². The molecule has 3 heterocycles. The van der Waals surface area contributed by atoms with Crippen LogP contribution in [0, 0.1) is 50.4 Å². The van der Waals surface area contributed by atoms with Crippen LogP contribution in [0.3, 0.4) is 0 Å². The molecule has 6 heteroatoms. The lowest BCUT2D eigenvalue weighted by molar-refractivity contribution is 0.503. The Bertz CT molecular complexity index is 1380. The first-order chi connectivity index (χ1) is 14.4. The van der Waals surface area contributed by atoms with Crippen LogP contribution >= 0.6 is 0 Å². The molecule has 0 spiro atoms. The normalized spacial score (nSPS) is 11.6. The zero-order chi connectivity index (χ0) is 21.4. The van der Waals surface area contributed by atoms with Crippen molar-refractivity contribution in [3.63, 3.8) is 0 Å². The summed E-state index contributed by atoms with van der Waals surface area (Å²) in [4.78, 5) is 4.40. The molecule has 0 fully saturated rings. The highest BCUT2D eigenvalue weighted by molar-refractivity contribution is 5.75. The van der Waals surface area contributed by atoms with Crippen LogP contribution in [-0.4, -0.2) is 14.1 Å². The predicted molar refractivity (Wildman–Crippen MR) is 115 cm³/mol. The standard InChI is InChI=1S/C24H21N5O/c1-15-9-20(17(3)29(15)24-21(12-26)16(2)18(4)30-24)10-19(11-25)13-28-14-27-22-7-5-6-8-23(22)28/h5-10,14H,13H2,1-4H3/b19-10-. The number of rotatable bonds is 4. The third-order valence-electron chi connectivity index (χ3n) is 5.49. The summed E-state index contributed by atoms with van der Waals surface area (Å²) in [7, 11) is 0. The summed E-state index contributed by atoms with van der Waals surface area (Å²) in [5.41, 5.74) is 6.67. The molecule has 1 aromatic carbocycles. The highest BCUT2D eigenvalue weighted by Crippen LogP contribution is 2.29. The number of hydrogen-bond donors (Lipinski definition) is 0. The molecule has 0 atom stereocenters. The average molecular weight is 395 g/mol. The van der Waals surface area contributed by atoms with Crippen molar-refractivity contribution < 1.29 is 4.42 Å². The molecule has 0 amide bonds. The first kappa shape index (κ1) is 19.3. The molecular weight excluding hydrogens is 374 g/mol. The lowest BCUT2D eigenvalue weighted by Crippen LogP contribution is -2.01. The summed E-state index contributed by atoms with van der Waals surface area (Å²) < 4.78 is 9.81. The van der Waals surface area contributed by atoms with Crippen LogP contribution in [0.25, 0.3) is 23.0 Å². The van der Waals surface area contributed by atoms with Crippen LogP contribution in [-0.2, 0) is 6.54 Å². The van der Waals surface area contributed by atoms with Gasteiger partial charge in [-0.25, -0.2) is 4.98 Å². The van der Waals surface area contributed by atoms with Crippen molar-refractivity contribution in [2.45, 2.75) is 34.2 Å². The minimum absolute atomic E-state index is 0.434. The highest BCUT2D eigenvalue weighted by atomic mass is 16.4. The van der Waals surface area contributed by atoms with E-state index in [1.807, 2.05) is 73.2 Å². The Morgan fingerprint density at radius 3 is 2.67 bits per heavy atom. The fourth-order valence-electron chi connectivity index (χ4n) is 3.77. The Morgan fingerprint density at radius 2 is 1.93 bits per heavy atom. The van der Waals surface area contributed by atoms with Crippen LogP contribution in [0.4, 0.5) is 0 Å². The van der Waals surface area contributed by atoms with Gasteiger partial charge in [-0.15, -0.1) is 0 Å². The van der Waals surface area contributed by atoms with E-state index in [1.165, 1.54) is 0 Å². The van der Waals surface area contributed by atoms with Gasteiger partial charge in [-0.3, -0.25) is 4.57 Å². The first-order valence-electron chi connectivity index (χ1n) is 9.64. The molecule has 148 valence electrons. The van der Waals surface area contributed by atoms with Gasteiger partial charge < -0.3 is 8.98 Å². The predicted octanol–water partition coefficient (Wildman–Crippen LogP) is 5.13. The van der Waals surface area contributed by atoms with Crippen LogP contribution in [0.1, 0.15) is 33.8 Å². The highest BCUT2D eigenvalue weighted by Gasteiger charge is 2.20. The fraction of sp³-hybridized carbons (Fsp3) is 0.208. The Kier molecular flexibility index (Phi) is 4.77. The minimum atomic E-state index is 0.434. The number of nitriles is 2. The van der Waals surface area contributed by atoms with Gasteiger partial charge in [-0.2, -0.15) is 10.5 Å². The van der Waals surface area contributed by atoms with Gasteiger partial charge in [0.2, 0.25) is 5.88 Å². The lowest BCUT2D eigenvalue weighted by Gasteiger charge is -2.07. The largest absolute Gasteiger partial charge is 0.443 e. The maximum atomic E-state index is 9.74. The monoisotopic (exact) mass is 395 g/mol. The number of hydrogen-bond acceptors (Lipinski definition) is 4. The summed E-state index contributed by atoms with van der Waals surface area (Å²) in [5.74, 6) is 1.26. The maximum Gasteiger partial charge on any atom is 0.222 e. The third kappa shape index (κ3) is 3.09. The zero-order valence-electron chi connectivity index (χ0n) is 17.4. The number of aryl methyl sites for hydroxylation is 2. The third-order valence-corrected chi connectivity index (χ3v) is 5.49. The van der Waals surface area contributed by atoms with E-state index < -0.39 is 0 Å². The van der Waals surface area contributed by atoms with E-state index in [0.29, 0.717) is 23.6 Å². The Labute approximate surface area is 174 Å². The van der Waals surface area contributed by atoms with Gasteiger partial charge in [0.15, 0.2) is 0 Å². The maximum absolute atomic E-state index is 9.74. The van der Waals surface area contributed by atoms with Gasteiger partial charge in [0, 0.05) is 22.5 Å². The van der Waals surface area contributed by atoms with Gasteiger partial charge in [0.05, 0.1) is 30.0 Å². The summed E-state index contributed by atoms with van der Waals surface area (Å²) in [6, 6.07) is 14.4. The van der Waals surface area contributed by atoms with Crippen molar-refractivity contribution in [1.82, 2.24) is 14.1 Å². The van der Waals surface area contributed by atoms with Crippen molar-refractivity contribution in [1.29, 1.82) is 10.5 Å². The molecule has 0 saturated heterocycles. The number of para-hydroxylation sites is 2. The van der Waals surface area contributed by atoms with Crippen molar-refractivity contribution in [3.05, 3.63) is 76.1 Å². The summed E-state index contributed by atoms with van der Waals surface area (Å²) in [5, 5.41) is 19.3. The van der Waals surface area contributed by atoms with Crippen molar-refractivity contribution in [2.75, 3.05) is 0 Å². The van der Waals surface area contributed by atoms with E-state index in [1.54, 1.807) is 6.33 Å². The number of nitrogens with zero attached hydrogens (tertiary/aromatic N) is 5. The number of imidazole rings is 1. The van der Waals surface area contributed by atoms with E-state index in [0.717, 1.165) is 39.3 Å². The molecule has 4 aromatic rings. The molecular formula is C24H21N5O. The molecule has 30 heavy (non-hydrogen) atoms. The molecule has 3 aromatic heterocycles. The zero-order valence-corrected chi connectivity index (χ0v) is 17.4. The number of fused-ring (bicyclic) bond motifs is 1. The van der Waals surface area contributed by atoms with Crippen LogP contribution in [0.2, 0.25) is 0 Å². The molecule has 4 rings (SSSR count). The number of furan rings is 1. The second kappa shape index (κ2) is 7.42. The molecule has 0 N–H and O–H groups in total. The lowest BCUT2D eigenvalue weighted by atomic mass is 10.1. The molecule has 0 aliphatic rings. The van der Waals surface area contributed by atoms with Crippen LogP contribution < -0.4 is 0 Å². The molecule has 0 aliphatic carbocycles. The van der Waals surface area contributed by atoms with Crippen LogP contribution in [0.5, 0.6) is 0 Å². The van der Waals surface area contributed by atoms with Crippen molar-refractivity contribution >= 4 is 17.1 Å². The van der Waals surface area contributed by atoms with Crippen molar-refractivity contribution in [2.24, 2.45) is 0 Å². The van der Waals surface area contributed by atoms with Gasteiger partial charge in [-0.1, -0.05) is 12.1 Å². The Hall–Kier alpha value is -4.03. The Balaban J connectivity index is 1.75. The Morgan fingerprint density at radius 1 is 1.17 bits per heavy atom. The molecule has 0 saturated carbocycles. The van der Waals surface area contributed by atoms with Crippen molar-refractivity contribution in [3.8, 4) is 18.0 Å². The van der Waals surface area contributed by atoms with E-state index in [2.05, 4.69) is 17.1 Å². The van der Waals surface area contributed by atoms with E-state index in [4.69, 9.17) is 4.42 Å². The SMILES string of the molecule is Cc1oc(-n2c(C)cc(/C=C(/C#N)Cn3cnc4ccccc43)c2C)c(C#N)c1C. The van der Waals surface area contributed by atoms with E-state index >= 15 is 0 Å². The van der Waals surface area contributed by atoms with Gasteiger partial charge in [0.25, 0.3) is 0 Å². The summed E-state index contributed by atoms with van der Waals surface area (Å²) in [6.45, 7) is 8.11. The molecule has 0 unspecified atom stereocenters. The minimum Gasteiger partial charge on any atom is -0.443 e. The second-order valence-electron chi connectivity index (χ2n) is 7.38. The van der Waals surface area contributed by atoms with Gasteiger partial charge in [0.1, 0.15) is 17.4 Å². The van der Waals surface area contributed by atoms with E-state index in [-0.39, 0.29) is 0 Å². The number of benzene rings is 1. The smallest absolute Gasteiger partial charge is 0.222 e. The summed E-state index contributed by atoms with van der Waals surface area (Å²) in [6.07, 6.45) is 3.65. The first-order valence-corrected chi connectivity index (χ1v) is 9.64. The van der Waals surface area contributed by atoms with E-state index in [9.17, 15) is 10.5 Å². The van der Waals surface area contributed by atoms with Gasteiger partial charge in [-0.05, 0) is 57.5 Å². The molecule has 0 radical (unpaired) electrons. The molecule has 0 aliphatic heterocycles. The van der Waals surface area contributed by atoms with Crippen LogP contribution in [0.15, 0.2) is 46.6 Å².